The van der Waals surface area contributed by atoms with Crippen LogP contribution in [0.3, 0.4) is 0 Å². The maximum Gasteiger partial charge on any atom is 0.256 e. The number of aromatic nitrogens is 2. The van der Waals surface area contributed by atoms with Crippen LogP contribution >= 0.6 is 15.9 Å². The number of halogens is 2. The first kappa shape index (κ1) is 16.3. The summed E-state index contributed by atoms with van der Waals surface area (Å²) in [5.41, 5.74) is 2.64. The Morgan fingerprint density at radius 1 is 1.17 bits per heavy atom. The monoisotopic (exact) mass is 385 g/mol. The lowest BCUT2D eigenvalue weighted by Crippen LogP contribution is -2.12. The normalized spacial score (nSPS) is 10.5. The molecule has 120 valence electrons. The molecule has 1 amide bonds. The van der Waals surface area contributed by atoms with Gasteiger partial charge in [0.15, 0.2) is 0 Å². The maximum absolute atomic E-state index is 13.1. The summed E-state index contributed by atoms with van der Waals surface area (Å²) in [7, 11) is 0. The van der Waals surface area contributed by atoms with Crippen molar-refractivity contribution in [2.75, 3.05) is 5.32 Å². The lowest BCUT2D eigenvalue weighted by atomic mass is 10.1. The fraction of sp³-hybridized carbons (Fsp3) is 0.0556. The minimum Gasteiger partial charge on any atom is -0.322 e. The Morgan fingerprint density at radius 2 is 2.00 bits per heavy atom. The van der Waals surface area contributed by atoms with Gasteiger partial charge < -0.3 is 5.32 Å². The van der Waals surface area contributed by atoms with E-state index in [1.807, 2.05) is 31.2 Å². The molecule has 0 aliphatic carbocycles. The van der Waals surface area contributed by atoms with Crippen molar-refractivity contribution in [3.05, 3.63) is 76.4 Å². The molecule has 0 atom stereocenters. The van der Waals surface area contributed by atoms with E-state index in [0.717, 1.165) is 11.3 Å². The number of aryl methyl sites for hydroxylation is 1. The van der Waals surface area contributed by atoms with Crippen LogP contribution in [0.1, 0.15) is 16.2 Å². The molecule has 24 heavy (non-hydrogen) atoms. The number of nitrogens with one attached hydrogen (secondary N) is 1. The summed E-state index contributed by atoms with van der Waals surface area (Å²) in [6.45, 7) is 1.82. The highest BCUT2D eigenvalue weighted by molar-refractivity contribution is 9.10. The van der Waals surface area contributed by atoms with Crippen LogP contribution in [0.4, 0.5) is 10.1 Å². The van der Waals surface area contributed by atoms with E-state index < -0.39 is 5.82 Å². The molecule has 3 aromatic rings. The van der Waals surface area contributed by atoms with Gasteiger partial charge in [0.05, 0.1) is 11.3 Å². The molecule has 0 unspecified atom stereocenters. The standard InChI is InChI=1S/C18H13BrFN3O/c1-11-21-8-7-17(22-11)12-3-2-4-14(9-12)23-18(24)15-6-5-13(20)10-16(15)19/h2-10H,1H3,(H,23,24). The summed E-state index contributed by atoms with van der Waals surface area (Å²) in [4.78, 5) is 20.8. The van der Waals surface area contributed by atoms with Gasteiger partial charge in [-0.05, 0) is 59.3 Å². The van der Waals surface area contributed by atoms with Gasteiger partial charge in [0.25, 0.3) is 5.91 Å². The molecule has 1 N–H and O–H groups in total. The van der Waals surface area contributed by atoms with Crippen LogP contribution in [0.2, 0.25) is 0 Å². The Hall–Kier alpha value is -2.60. The highest BCUT2D eigenvalue weighted by Gasteiger charge is 2.11. The minimum absolute atomic E-state index is 0.321. The Labute approximate surface area is 146 Å². The van der Waals surface area contributed by atoms with Crippen molar-refractivity contribution in [1.82, 2.24) is 9.97 Å². The molecular weight excluding hydrogens is 373 g/mol. The summed E-state index contributed by atoms with van der Waals surface area (Å²) in [6, 6.07) is 13.1. The van der Waals surface area contributed by atoms with E-state index in [4.69, 9.17) is 0 Å². The maximum atomic E-state index is 13.1. The molecule has 2 aromatic carbocycles. The Kier molecular flexibility index (Phi) is 4.66. The first-order valence-corrected chi connectivity index (χ1v) is 7.99. The average Bonchev–Trinajstić information content (AvgIpc) is 2.55. The van der Waals surface area contributed by atoms with Gasteiger partial charge in [0.2, 0.25) is 0 Å². The van der Waals surface area contributed by atoms with Crippen molar-refractivity contribution in [3.63, 3.8) is 0 Å². The zero-order chi connectivity index (χ0) is 17.1. The molecule has 0 bridgehead atoms. The molecule has 0 saturated heterocycles. The topological polar surface area (TPSA) is 54.9 Å². The number of hydrogen-bond donors (Lipinski definition) is 1. The number of carbonyl (C=O) groups is 1. The van der Waals surface area contributed by atoms with Crippen molar-refractivity contribution >= 4 is 27.5 Å². The molecule has 0 fully saturated rings. The summed E-state index contributed by atoms with van der Waals surface area (Å²) in [5.74, 6) is -0.0466. The first-order chi connectivity index (χ1) is 11.5. The van der Waals surface area contributed by atoms with Gasteiger partial charge in [-0.25, -0.2) is 14.4 Å². The van der Waals surface area contributed by atoms with E-state index in [1.54, 1.807) is 12.3 Å². The van der Waals surface area contributed by atoms with E-state index in [0.29, 0.717) is 21.5 Å². The van der Waals surface area contributed by atoms with Crippen LogP contribution < -0.4 is 5.32 Å². The smallest absolute Gasteiger partial charge is 0.256 e. The summed E-state index contributed by atoms with van der Waals surface area (Å²) < 4.78 is 13.5. The zero-order valence-electron chi connectivity index (χ0n) is 12.8. The highest BCUT2D eigenvalue weighted by Crippen LogP contribution is 2.23. The summed E-state index contributed by atoms with van der Waals surface area (Å²) in [6.07, 6.45) is 1.69. The number of benzene rings is 2. The van der Waals surface area contributed by atoms with Crippen molar-refractivity contribution in [2.45, 2.75) is 6.92 Å². The molecule has 0 radical (unpaired) electrons. The molecule has 0 aliphatic heterocycles. The number of carbonyl (C=O) groups excluding carboxylic acids is 1. The van der Waals surface area contributed by atoms with Crippen molar-refractivity contribution < 1.29 is 9.18 Å². The Bertz CT molecular complexity index is 914. The van der Waals surface area contributed by atoms with Crippen LogP contribution in [0, 0.1) is 12.7 Å². The van der Waals surface area contributed by atoms with Gasteiger partial charge in [0.1, 0.15) is 11.6 Å². The predicted octanol–water partition coefficient (Wildman–Crippen LogP) is 4.61. The number of rotatable bonds is 3. The van der Waals surface area contributed by atoms with Gasteiger partial charge in [-0.1, -0.05) is 12.1 Å². The number of anilines is 1. The minimum atomic E-state index is -0.403. The second-order valence-corrected chi connectivity index (χ2v) is 6.00. The van der Waals surface area contributed by atoms with Gasteiger partial charge in [-0.15, -0.1) is 0 Å². The SMILES string of the molecule is Cc1nccc(-c2cccc(NC(=O)c3ccc(F)cc3Br)c2)n1. The highest BCUT2D eigenvalue weighted by atomic mass is 79.9. The van der Waals surface area contributed by atoms with E-state index in [9.17, 15) is 9.18 Å². The third-order valence-corrected chi connectivity index (χ3v) is 4.02. The predicted molar refractivity (Wildman–Crippen MR) is 94.3 cm³/mol. The molecule has 4 nitrogen and oxygen atoms in total. The Balaban J connectivity index is 1.85. The number of nitrogens with zero attached hydrogens (tertiary/aromatic N) is 2. The van der Waals surface area contributed by atoms with Crippen LogP contribution in [0.15, 0.2) is 59.2 Å². The van der Waals surface area contributed by atoms with Crippen molar-refractivity contribution in [2.24, 2.45) is 0 Å². The van der Waals surface area contributed by atoms with Gasteiger partial charge in [-0.3, -0.25) is 4.79 Å². The molecule has 1 heterocycles. The van der Waals surface area contributed by atoms with Crippen LogP contribution in [-0.2, 0) is 0 Å². The average molecular weight is 386 g/mol. The second-order valence-electron chi connectivity index (χ2n) is 5.15. The molecule has 1 aromatic heterocycles. The quantitative estimate of drug-likeness (QED) is 0.716. The van der Waals surface area contributed by atoms with E-state index in [-0.39, 0.29) is 5.91 Å². The molecule has 0 aliphatic rings. The number of amides is 1. The first-order valence-electron chi connectivity index (χ1n) is 7.19. The van der Waals surface area contributed by atoms with E-state index >= 15 is 0 Å². The van der Waals surface area contributed by atoms with Crippen LogP contribution in [-0.4, -0.2) is 15.9 Å². The Morgan fingerprint density at radius 3 is 2.75 bits per heavy atom. The third kappa shape index (κ3) is 3.65. The van der Waals surface area contributed by atoms with E-state index in [2.05, 4.69) is 31.2 Å². The largest absolute Gasteiger partial charge is 0.322 e. The molecular formula is C18H13BrFN3O. The molecule has 0 saturated carbocycles. The summed E-state index contributed by atoms with van der Waals surface area (Å²) >= 11 is 3.20. The fourth-order valence-corrected chi connectivity index (χ4v) is 2.78. The van der Waals surface area contributed by atoms with Crippen molar-refractivity contribution in [1.29, 1.82) is 0 Å². The van der Waals surface area contributed by atoms with Gasteiger partial charge >= 0.3 is 0 Å². The third-order valence-electron chi connectivity index (χ3n) is 3.37. The number of hydrogen-bond acceptors (Lipinski definition) is 3. The van der Waals surface area contributed by atoms with Gasteiger partial charge in [0, 0.05) is 21.9 Å². The lowest BCUT2D eigenvalue weighted by Gasteiger charge is -2.09. The molecule has 3 rings (SSSR count). The molecule has 6 heteroatoms. The second kappa shape index (κ2) is 6.88. The zero-order valence-corrected chi connectivity index (χ0v) is 14.3. The lowest BCUT2D eigenvalue weighted by molar-refractivity contribution is 0.102. The molecule has 0 spiro atoms. The van der Waals surface area contributed by atoms with Crippen molar-refractivity contribution in [3.8, 4) is 11.3 Å². The summed E-state index contributed by atoms with van der Waals surface area (Å²) in [5, 5.41) is 2.81. The fourth-order valence-electron chi connectivity index (χ4n) is 2.25. The van der Waals surface area contributed by atoms with Crippen LogP contribution in [0.25, 0.3) is 11.3 Å². The van der Waals surface area contributed by atoms with E-state index in [1.165, 1.54) is 18.2 Å². The van der Waals surface area contributed by atoms with Crippen LogP contribution in [0.5, 0.6) is 0 Å². The van der Waals surface area contributed by atoms with Gasteiger partial charge in [-0.2, -0.15) is 0 Å².